The molecule has 0 saturated carbocycles. The van der Waals surface area contributed by atoms with E-state index in [0.717, 1.165) is 0 Å². The number of nitro groups is 2. The maximum Gasteiger partial charge on any atom is 0.270 e. The van der Waals surface area contributed by atoms with Gasteiger partial charge in [-0.2, -0.15) is 4.98 Å². The molecule has 2 aromatic carbocycles. The van der Waals surface area contributed by atoms with Crippen LogP contribution in [-0.2, 0) is 6.42 Å². The number of benzene rings is 2. The molecule has 0 aliphatic carbocycles. The topological polar surface area (TPSA) is 146 Å². The molecule has 1 amide bonds. The van der Waals surface area contributed by atoms with Gasteiger partial charge in [0.15, 0.2) is 0 Å². The minimum atomic E-state index is -0.539. The number of aromatic nitrogens is 2. The molecule has 3 rings (SSSR count). The van der Waals surface area contributed by atoms with Crippen LogP contribution in [0.2, 0.25) is 0 Å². The number of nitro benzene ring substituents is 2. The summed E-state index contributed by atoms with van der Waals surface area (Å²) in [5, 5.41) is 25.7. The molecule has 1 atom stereocenters. The fourth-order valence-corrected chi connectivity index (χ4v) is 3.08. The Hall–Kier alpha value is -4.15. The SMILES string of the molecule is CC[C@H](C)N(CCc1nc(-c2ccc([N+](=O)[O-])cc2)no1)C(=O)c1cccc([N+](=O)[O-])c1. The van der Waals surface area contributed by atoms with Gasteiger partial charge in [0, 0.05) is 54.4 Å². The highest BCUT2D eigenvalue weighted by atomic mass is 16.6. The van der Waals surface area contributed by atoms with Crippen molar-refractivity contribution in [1.82, 2.24) is 15.0 Å². The fraction of sp³-hybridized carbons (Fsp3) is 0.286. The van der Waals surface area contributed by atoms with Gasteiger partial charge in [0.25, 0.3) is 17.3 Å². The third-order valence-corrected chi connectivity index (χ3v) is 5.06. The molecular formula is C21H21N5O6. The van der Waals surface area contributed by atoms with Gasteiger partial charge in [0.1, 0.15) is 0 Å². The molecule has 32 heavy (non-hydrogen) atoms. The van der Waals surface area contributed by atoms with Gasteiger partial charge < -0.3 is 9.42 Å². The van der Waals surface area contributed by atoms with Crippen molar-refractivity contribution < 1.29 is 19.2 Å². The molecule has 11 nitrogen and oxygen atoms in total. The minimum Gasteiger partial charge on any atom is -0.339 e. The van der Waals surface area contributed by atoms with Crippen LogP contribution in [0.5, 0.6) is 0 Å². The highest BCUT2D eigenvalue weighted by Gasteiger charge is 2.23. The molecule has 0 unspecified atom stereocenters. The zero-order valence-corrected chi connectivity index (χ0v) is 17.5. The summed E-state index contributed by atoms with van der Waals surface area (Å²) in [5.41, 5.74) is 0.611. The van der Waals surface area contributed by atoms with E-state index in [2.05, 4.69) is 10.1 Å². The van der Waals surface area contributed by atoms with Crippen LogP contribution in [0.25, 0.3) is 11.4 Å². The van der Waals surface area contributed by atoms with Gasteiger partial charge >= 0.3 is 0 Å². The average Bonchev–Trinajstić information content (AvgIpc) is 3.28. The highest BCUT2D eigenvalue weighted by Crippen LogP contribution is 2.21. The van der Waals surface area contributed by atoms with Gasteiger partial charge in [-0.3, -0.25) is 25.0 Å². The van der Waals surface area contributed by atoms with Crippen LogP contribution in [0, 0.1) is 20.2 Å². The van der Waals surface area contributed by atoms with Crippen molar-refractivity contribution in [3.63, 3.8) is 0 Å². The molecule has 1 heterocycles. The molecular weight excluding hydrogens is 418 g/mol. The number of carbonyl (C=O) groups excluding carboxylic acids is 1. The summed E-state index contributed by atoms with van der Waals surface area (Å²) in [5.74, 6) is 0.270. The van der Waals surface area contributed by atoms with Crippen molar-refractivity contribution >= 4 is 17.3 Å². The predicted molar refractivity (Wildman–Crippen MR) is 114 cm³/mol. The summed E-state index contributed by atoms with van der Waals surface area (Å²) in [6.45, 7) is 4.11. The fourth-order valence-electron chi connectivity index (χ4n) is 3.08. The lowest BCUT2D eigenvalue weighted by Crippen LogP contribution is -2.39. The molecule has 0 fully saturated rings. The monoisotopic (exact) mass is 439 g/mol. The van der Waals surface area contributed by atoms with E-state index in [9.17, 15) is 25.0 Å². The summed E-state index contributed by atoms with van der Waals surface area (Å²) in [7, 11) is 0. The van der Waals surface area contributed by atoms with E-state index >= 15 is 0 Å². The molecule has 0 aliphatic heterocycles. The lowest BCUT2D eigenvalue weighted by Gasteiger charge is -2.28. The second kappa shape index (κ2) is 9.77. The van der Waals surface area contributed by atoms with Gasteiger partial charge in [-0.15, -0.1) is 0 Å². The lowest BCUT2D eigenvalue weighted by atomic mass is 10.1. The predicted octanol–water partition coefficient (Wildman–Crippen LogP) is 4.04. The second-order valence-corrected chi connectivity index (χ2v) is 7.13. The summed E-state index contributed by atoms with van der Waals surface area (Å²) in [4.78, 5) is 39.7. The normalized spacial score (nSPS) is 11.7. The smallest absolute Gasteiger partial charge is 0.270 e. The number of nitrogens with zero attached hydrogens (tertiary/aromatic N) is 5. The first-order valence-corrected chi connectivity index (χ1v) is 9.93. The van der Waals surface area contributed by atoms with Crippen molar-refractivity contribution in [2.75, 3.05) is 6.54 Å². The number of carbonyl (C=O) groups is 1. The molecule has 11 heteroatoms. The molecule has 0 N–H and O–H groups in total. The molecule has 3 aromatic rings. The summed E-state index contributed by atoms with van der Waals surface area (Å²) in [6.07, 6.45) is 0.976. The van der Waals surface area contributed by atoms with E-state index in [1.807, 2.05) is 13.8 Å². The van der Waals surface area contributed by atoms with Crippen LogP contribution in [0.1, 0.15) is 36.5 Å². The standard InChI is InChI=1S/C21H21N5O6/c1-3-14(2)24(21(27)16-5-4-6-18(13-16)26(30)31)12-11-19-22-20(23-32-19)15-7-9-17(10-8-15)25(28)29/h4-10,13-14H,3,11-12H2,1-2H3/t14-/m0/s1. The molecule has 0 radical (unpaired) electrons. The van der Waals surface area contributed by atoms with Crippen LogP contribution >= 0.6 is 0 Å². The van der Waals surface area contributed by atoms with Gasteiger partial charge in [-0.1, -0.05) is 18.1 Å². The van der Waals surface area contributed by atoms with Crippen LogP contribution in [0.4, 0.5) is 11.4 Å². The average molecular weight is 439 g/mol. The Morgan fingerprint density at radius 1 is 1.09 bits per heavy atom. The van der Waals surface area contributed by atoms with Crippen molar-refractivity contribution in [3.8, 4) is 11.4 Å². The lowest BCUT2D eigenvalue weighted by molar-refractivity contribution is -0.385. The zero-order valence-electron chi connectivity index (χ0n) is 17.5. The minimum absolute atomic E-state index is 0.0404. The first-order chi connectivity index (χ1) is 15.3. The Kier molecular flexibility index (Phi) is 6.88. The van der Waals surface area contributed by atoms with E-state index in [4.69, 9.17) is 4.52 Å². The summed E-state index contributed by atoms with van der Waals surface area (Å²) >= 11 is 0. The van der Waals surface area contributed by atoms with Crippen LogP contribution in [0.15, 0.2) is 53.1 Å². The van der Waals surface area contributed by atoms with E-state index in [1.165, 1.54) is 42.5 Å². The number of rotatable bonds is 9. The maximum absolute atomic E-state index is 13.0. The third-order valence-electron chi connectivity index (χ3n) is 5.06. The van der Waals surface area contributed by atoms with Gasteiger partial charge in [0.2, 0.25) is 11.7 Å². The molecule has 0 spiro atoms. The maximum atomic E-state index is 13.0. The molecule has 0 saturated heterocycles. The highest BCUT2D eigenvalue weighted by molar-refractivity contribution is 5.95. The van der Waals surface area contributed by atoms with Crippen molar-refractivity contribution in [1.29, 1.82) is 0 Å². The molecule has 0 bridgehead atoms. The molecule has 0 aliphatic rings. The van der Waals surface area contributed by atoms with Crippen molar-refractivity contribution in [3.05, 3.63) is 80.2 Å². The first kappa shape index (κ1) is 22.5. The van der Waals surface area contributed by atoms with Crippen LogP contribution in [-0.4, -0.2) is 43.4 Å². The third kappa shape index (κ3) is 5.12. The van der Waals surface area contributed by atoms with Gasteiger partial charge in [0.05, 0.1) is 9.85 Å². The van der Waals surface area contributed by atoms with Crippen LogP contribution in [0.3, 0.4) is 0 Å². The van der Waals surface area contributed by atoms with Crippen molar-refractivity contribution in [2.45, 2.75) is 32.7 Å². The summed E-state index contributed by atoms with van der Waals surface area (Å²) in [6, 6.07) is 11.3. The van der Waals surface area contributed by atoms with E-state index in [-0.39, 0.29) is 47.7 Å². The zero-order chi connectivity index (χ0) is 23.3. The quantitative estimate of drug-likeness (QED) is 0.359. The Morgan fingerprint density at radius 3 is 2.41 bits per heavy atom. The Balaban J connectivity index is 1.74. The van der Waals surface area contributed by atoms with E-state index in [1.54, 1.807) is 11.0 Å². The van der Waals surface area contributed by atoms with Crippen molar-refractivity contribution in [2.24, 2.45) is 0 Å². The molecule has 166 valence electrons. The molecule has 1 aromatic heterocycles. The Bertz CT molecular complexity index is 1130. The first-order valence-electron chi connectivity index (χ1n) is 9.93. The Labute approximate surface area is 183 Å². The van der Waals surface area contributed by atoms with Crippen LogP contribution < -0.4 is 0 Å². The van der Waals surface area contributed by atoms with Gasteiger partial charge in [-0.25, -0.2) is 0 Å². The number of hydrogen-bond acceptors (Lipinski definition) is 8. The number of hydrogen-bond donors (Lipinski definition) is 0. The largest absolute Gasteiger partial charge is 0.339 e. The van der Waals surface area contributed by atoms with Gasteiger partial charge in [-0.05, 0) is 31.5 Å². The summed E-state index contributed by atoms with van der Waals surface area (Å²) < 4.78 is 5.27. The van der Waals surface area contributed by atoms with E-state index in [0.29, 0.717) is 17.9 Å². The number of amides is 1. The second-order valence-electron chi connectivity index (χ2n) is 7.13. The van der Waals surface area contributed by atoms with E-state index < -0.39 is 9.85 Å². The number of non-ortho nitro benzene ring substituents is 2. The Morgan fingerprint density at radius 2 is 1.78 bits per heavy atom.